The Kier molecular flexibility index (Phi) is 6.60. The second-order valence-electron chi connectivity index (χ2n) is 6.70. The molecule has 150 valence electrons. The molecule has 0 fully saturated rings. The molecule has 0 bridgehead atoms. The highest BCUT2D eigenvalue weighted by Crippen LogP contribution is 2.38. The van der Waals surface area contributed by atoms with E-state index in [1.165, 1.54) is 17.0 Å². The van der Waals surface area contributed by atoms with Crippen LogP contribution in [0.4, 0.5) is 11.4 Å². The summed E-state index contributed by atoms with van der Waals surface area (Å²) in [5.41, 5.74) is 4.97. The van der Waals surface area contributed by atoms with Gasteiger partial charge in [-0.05, 0) is 38.1 Å². The third-order valence-electron chi connectivity index (χ3n) is 4.52. The van der Waals surface area contributed by atoms with E-state index in [2.05, 4.69) is 61.1 Å². The fourth-order valence-electron chi connectivity index (χ4n) is 3.21. The number of benzene rings is 2. The van der Waals surface area contributed by atoms with E-state index in [9.17, 15) is 0 Å². The standard InChI is InChI=1S/C20H22N2O.H2O4S/c1-20(2)17-7-5-6-8-18(17)22(3)19(20)13-14-21-15-9-11-16(23-4)12-10-15;1-5(2,3)4/h5-14H,1-4H3;(H2,1,2,3,4)/p-1. The number of hydrogen-bond donors (Lipinski definition) is 1. The van der Waals surface area contributed by atoms with Gasteiger partial charge in [-0.15, -0.1) is 0 Å². The summed E-state index contributed by atoms with van der Waals surface area (Å²) in [6.07, 6.45) is 4.16. The Hall–Kier alpha value is -2.68. The molecule has 3 rings (SSSR count). The summed E-state index contributed by atoms with van der Waals surface area (Å²) in [5, 5.41) is 3.32. The van der Waals surface area contributed by atoms with Crippen LogP contribution in [0.25, 0.3) is 0 Å². The Bertz CT molecular complexity index is 986. The van der Waals surface area contributed by atoms with Crippen molar-refractivity contribution in [2.75, 3.05) is 19.5 Å². The van der Waals surface area contributed by atoms with Crippen LogP contribution in [0.15, 0.2) is 60.8 Å². The van der Waals surface area contributed by atoms with Gasteiger partial charge in [0.25, 0.3) is 0 Å². The van der Waals surface area contributed by atoms with Gasteiger partial charge in [0.1, 0.15) is 12.8 Å². The van der Waals surface area contributed by atoms with Crippen molar-refractivity contribution in [3.63, 3.8) is 0 Å². The summed E-state index contributed by atoms with van der Waals surface area (Å²) in [4.78, 5) is 0. The number of rotatable bonds is 4. The van der Waals surface area contributed by atoms with Crippen LogP contribution < -0.4 is 10.1 Å². The average Bonchev–Trinajstić information content (AvgIpc) is 2.82. The van der Waals surface area contributed by atoms with Crippen LogP contribution in [0.2, 0.25) is 0 Å². The van der Waals surface area contributed by atoms with Crippen LogP contribution in [0, 0.1) is 0 Å². The van der Waals surface area contributed by atoms with E-state index in [1.807, 2.05) is 30.5 Å². The first-order chi connectivity index (χ1) is 13.0. The van der Waals surface area contributed by atoms with Gasteiger partial charge in [-0.3, -0.25) is 8.42 Å². The Morgan fingerprint density at radius 3 is 2.18 bits per heavy atom. The molecular weight excluding hydrogens is 380 g/mol. The molecule has 7 nitrogen and oxygen atoms in total. The third-order valence-corrected chi connectivity index (χ3v) is 4.52. The van der Waals surface area contributed by atoms with Crippen molar-refractivity contribution >= 4 is 27.5 Å². The molecule has 0 spiro atoms. The molecular formula is C20H23N2O5S-. The van der Waals surface area contributed by atoms with E-state index in [-0.39, 0.29) is 5.41 Å². The Balaban J connectivity index is 0.000000500. The van der Waals surface area contributed by atoms with Gasteiger partial charge in [0.15, 0.2) is 5.71 Å². The number of fused-ring (bicyclic) bond motifs is 1. The molecule has 1 heterocycles. The first-order valence-electron chi connectivity index (χ1n) is 8.48. The number of nitrogens with one attached hydrogen (secondary N) is 1. The van der Waals surface area contributed by atoms with E-state index in [4.69, 9.17) is 22.3 Å². The number of methoxy groups -OCH3 is 1. The zero-order valence-corrected chi connectivity index (χ0v) is 17.0. The van der Waals surface area contributed by atoms with Crippen molar-refractivity contribution in [2.24, 2.45) is 0 Å². The predicted molar refractivity (Wildman–Crippen MR) is 107 cm³/mol. The molecule has 0 saturated carbocycles. The fraction of sp³-hybridized carbons (Fsp3) is 0.250. The highest BCUT2D eigenvalue weighted by molar-refractivity contribution is 7.79. The molecule has 1 N–H and O–H groups in total. The predicted octanol–water partition coefficient (Wildman–Crippen LogP) is 2.99. The van der Waals surface area contributed by atoms with Gasteiger partial charge < -0.3 is 19.2 Å². The number of allylic oxidation sites excluding steroid dienone is 1. The lowest BCUT2D eigenvalue weighted by molar-refractivity contribution is -0.401. The average molecular weight is 403 g/mol. The minimum absolute atomic E-state index is 0.00340. The molecule has 1 aliphatic rings. The molecule has 0 radical (unpaired) electrons. The van der Waals surface area contributed by atoms with Crippen LogP contribution in [-0.2, 0) is 15.8 Å². The van der Waals surface area contributed by atoms with E-state index in [0.717, 1.165) is 11.4 Å². The van der Waals surface area contributed by atoms with Crippen molar-refractivity contribution in [2.45, 2.75) is 19.3 Å². The summed E-state index contributed by atoms with van der Waals surface area (Å²) in [7, 11) is -1.37. The molecule has 28 heavy (non-hydrogen) atoms. The van der Waals surface area contributed by atoms with Gasteiger partial charge in [0.2, 0.25) is 5.69 Å². The number of hydrogen-bond acceptors (Lipinski definition) is 6. The zero-order valence-electron chi connectivity index (χ0n) is 16.2. The molecule has 8 heteroatoms. The first kappa shape index (κ1) is 21.6. The lowest BCUT2D eigenvalue weighted by Gasteiger charge is -2.15. The number of nitrogens with zero attached hydrogens (tertiary/aromatic N) is 1. The Labute approximate surface area is 165 Å². The van der Waals surface area contributed by atoms with Gasteiger partial charge in [-0.1, -0.05) is 18.2 Å². The Morgan fingerprint density at radius 2 is 1.64 bits per heavy atom. The SMILES string of the molecule is COc1ccc(N/C=C/C2=[N+](C)c3ccccc3C2(C)C)cc1.O=S(=O)([O-])[O-]. The summed E-state index contributed by atoms with van der Waals surface area (Å²) in [6, 6.07) is 16.5. The topological polar surface area (TPSA) is 105 Å². The maximum atomic E-state index is 8.52. The van der Waals surface area contributed by atoms with E-state index in [0.29, 0.717) is 0 Å². The maximum absolute atomic E-state index is 8.52. The van der Waals surface area contributed by atoms with Gasteiger partial charge in [-0.25, -0.2) is 0 Å². The van der Waals surface area contributed by atoms with Crippen molar-refractivity contribution in [3.05, 3.63) is 66.4 Å². The molecule has 0 saturated heterocycles. The normalized spacial score (nSPS) is 15.1. The van der Waals surface area contributed by atoms with Crippen LogP contribution >= 0.6 is 0 Å². The van der Waals surface area contributed by atoms with E-state index >= 15 is 0 Å². The van der Waals surface area contributed by atoms with Crippen molar-refractivity contribution in [3.8, 4) is 5.75 Å². The lowest BCUT2D eigenvalue weighted by Crippen LogP contribution is -2.26. The highest BCUT2D eigenvalue weighted by atomic mass is 32.3. The Morgan fingerprint density at radius 1 is 1.07 bits per heavy atom. The summed E-state index contributed by atoms with van der Waals surface area (Å²) < 4.78 is 41.5. The minimum atomic E-state index is -5.17. The summed E-state index contributed by atoms with van der Waals surface area (Å²) in [6.45, 7) is 4.53. The molecule has 0 amide bonds. The highest BCUT2D eigenvalue weighted by Gasteiger charge is 2.42. The monoisotopic (exact) mass is 403 g/mol. The van der Waals surface area contributed by atoms with Crippen molar-refractivity contribution < 1.29 is 26.8 Å². The van der Waals surface area contributed by atoms with Crippen LogP contribution in [0.5, 0.6) is 5.75 Å². The number of anilines is 1. The molecule has 0 unspecified atom stereocenters. The molecule has 0 atom stereocenters. The third kappa shape index (κ3) is 5.41. The maximum Gasteiger partial charge on any atom is 0.209 e. The van der Waals surface area contributed by atoms with Crippen LogP contribution in [-0.4, -0.2) is 42.0 Å². The van der Waals surface area contributed by atoms with Gasteiger partial charge >= 0.3 is 0 Å². The van der Waals surface area contributed by atoms with Crippen LogP contribution in [0.3, 0.4) is 0 Å². The molecule has 0 aliphatic carbocycles. The fourth-order valence-corrected chi connectivity index (χ4v) is 3.21. The summed E-state index contributed by atoms with van der Waals surface area (Å²) >= 11 is 0. The number of ether oxygens (including phenoxy) is 1. The molecule has 2 aromatic rings. The summed E-state index contributed by atoms with van der Waals surface area (Å²) in [5.74, 6) is 0.862. The first-order valence-corrected chi connectivity index (χ1v) is 9.82. The van der Waals surface area contributed by atoms with Crippen LogP contribution in [0.1, 0.15) is 19.4 Å². The van der Waals surface area contributed by atoms with Gasteiger partial charge in [0.05, 0.1) is 12.5 Å². The van der Waals surface area contributed by atoms with E-state index in [1.54, 1.807) is 7.11 Å². The number of para-hydroxylation sites is 1. The lowest BCUT2D eigenvalue weighted by atomic mass is 9.81. The van der Waals surface area contributed by atoms with Crippen molar-refractivity contribution in [1.29, 1.82) is 0 Å². The smallest absolute Gasteiger partial charge is 0.209 e. The zero-order chi connectivity index (χ0) is 20.9. The van der Waals surface area contributed by atoms with E-state index < -0.39 is 10.4 Å². The molecule has 2 aromatic carbocycles. The minimum Gasteiger partial charge on any atom is -0.759 e. The largest absolute Gasteiger partial charge is 0.759 e. The molecule has 0 aromatic heterocycles. The second kappa shape index (κ2) is 8.55. The van der Waals surface area contributed by atoms with Crippen molar-refractivity contribution in [1.82, 2.24) is 0 Å². The van der Waals surface area contributed by atoms with Gasteiger partial charge in [-0.2, -0.15) is 4.58 Å². The quantitative estimate of drug-likeness (QED) is 0.478. The second-order valence-corrected chi connectivity index (χ2v) is 7.52. The van der Waals surface area contributed by atoms with Gasteiger partial charge in [0, 0.05) is 40.0 Å². The molecule has 1 aliphatic heterocycles.